The number of nitrogens with one attached hydrogen (secondary N) is 1. The van der Waals surface area contributed by atoms with Crippen molar-refractivity contribution in [2.24, 2.45) is 0 Å². The molecule has 0 fully saturated rings. The summed E-state index contributed by atoms with van der Waals surface area (Å²) < 4.78 is 12.2. The number of carbonyl (C=O) groups is 2. The first-order valence-electron chi connectivity index (χ1n) is 7.82. The van der Waals surface area contributed by atoms with Crippen molar-refractivity contribution in [2.45, 2.75) is 38.5 Å². The highest BCUT2D eigenvalue weighted by Gasteiger charge is 2.13. The quantitative estimate of drug-likeness (QED) is 0.788. The molecule has 0 aliphatic heterocycles. The van der Waals surface area contributed by atoms with Crippen molar-refractivity contribution in [3.8, 4) is 0 Å². The molecule has 0 aromatic heterocycles. The Bertz CT molecular complexity index is 569. The third kappa shape index (κ3) is 6.52. The van der Waals surface area contributed by atoms with Crippen LogP contribution in [0.4, 0.5) is 0 Å². The summed E-state index contributed by atoms with van der Waals surface area (Å²) in [6, 6.07) is 7.20. The van der Waals surface area contributed by atoms with Gasteiger partial charge < -0.3 is 10.2 Å². The Morgan fingerprint density at radius 3 is 2.43 bits per heavy atom. The number of hydrogen-bond acceptors (Lipinski definition) is 3. The summed E-state index contributed by atoms with van der Waals surface area (Å²) in [4.78, 5) is 25.3. The van der Waals surface area contributed by atoms with Gasteiger partial charge in [-0.05, 0) is 30.5 Å². The third-order valence-electron chi connectivity index (χ3n) is 3.55. The van der Waals surface area contributed by atoms with Crippen molar-refractivity contribution in [3.05, 3.63) is 35.4 Å². The molecule has 0 saturated heterocycles. The van der Waals surface area contributed by atoms with E-state index in [2.05, 4.69) is 5.32 Å². The molecule has 5 nitrogen and oxygen atoms in total. The summed E-state index contributed by atoms with van der Waals surface area (Å²) in [6.45, 7) is 4.03. The second-order valence-corrected chi connectivity index (χ2v) is 7.17. The maximum absolute atomic E-state index is 12.2. The van der Waals surface area contributed by atoms with E-state index >= 15 is 0 Å². The van der Waals surface area contributed by atoms with Crippen molar-refractivity contribution in [3.63, 3.8) is 0 Å². The number of benzene rings is 1. The topological polar surface area (TPSA) is 66.5 Å². The van der Waals surface area contributed by atoms with Crippen LogP contribution in [-0.2, 0) is 21.3 Å². The Morgan fingerprint density at radius 2 is 1.87 bits per heavy atom. The van der Waals surface area contributed by atoms with E-state index in [0.29, 0.717) is 5.56 Å². The predicted molar refractivity (Wildman–Crippen MR) is 93.7 cm³/mol. The van der Waals surface area contributed by atoms with Crippen LogP contribution >= 0.6 is 0 Å². The summed E-state index contributed by atoms with van der Waals surface area (Å²) in [5.41, 5.74) is 1.36. The number of carbonyl (C=O) groups excluding carboxylic acids is 2. The lowest BCUT2D eigenvalue weighted by molar-refractivity contribution is -0.119. The van der Waals surface area contributed by atoms with Gasteiger partial charge in [0.15, 0.2) is 0 Å². The molecule has 128 valence electrons. The minimum atomic E-state index is -1.29. The fraction of sp³-hybridized carbons (Fsp3) is 0.529. The molecule has 1 aromatic rings. The van der Waals surface area contributed by atoms with Crippen molar-refractivity contribution >= 4 is 22.6 Å². The number of hydrogen-bond donors (Lipinski definition) is 1. The largest absolute Gasteiger partial charge is 0.353 e. The van der Waals surface area contributed by atoms with Gasteiger partial charge in [0.25, 0.3) is 5.91 Å². The van der Waals surface area contributed by atoms with Crippen LogP contribution in [0, 0.1) is 0 Å². The van der Waals surface area contributed by atoms with Gasteiger partial charge in [-0.15, -0.1) is 0 Å². The molecular weight excluding hydrogens is 312 g/mol. The Hall–Kier alpha value is -1.69. The van der Waals surface area contributed by atoms with E-state index in [1.54, 1.807) is 32.3 Å². The summed E-state index contributed by atoms with van der Waals surface area (Å²) in [6.07, 6.45) is 1.73. The van der Waals surface area contributed by atoms with Gasteiger partial charge in [-0.1, -0.05) is 26.0 Å². The van der Waals surface area contributed by atoms with Gasteiger partial charge in [-0.25, -0.2) is 0 Å². The summed E-state index contributed by atoms with van der Waals surface area (Å²) in [5, 5.41) is 2.88. The average molecular weight is 338 g/mol. The fourth-order valence-corrected chi connectivity index (χ4v) is 3.23. The third-order valence-corrected chi connectivity index (χ3v) is 4.79. The number of rotatable bonds is 8. The molecule has 0 aliphatic rings. The number of amides is 2. The molecule has 0 bridgehead atoms. The van der Waals surface area contributed by atoms with E-state index in [1.807, 2.05) is 19.9 Å². The van der Waals surface area contributed by atoms with Crippen LogP contribution in [-0.4, -0.2) is 46.8 Å². The van der Waals surface area contributed by atoms with Gasteiger partial charge in [0.05, 0.1) is 0 Å². The molecule has 0 radical (unpaired) electrons. The first-order chi connectivity index (χ1) is 10.9. The Labute approximate surface area is 140 Å². The highest BCUT2D eigenvalue weighted by molar-refractivity contribution is 7.84. The molecule has 1 N–H and O–H groups in total. The van der Waals surface area contributed by atoms with E-state index in [4.69, 9.17) is 0 Å². The van der Waals surface area contributed by atoms with E-state index < -0.39 is 10.8 Å². The fourth-order valence-electron chi connectivity index (χ4n) is 2.20. The van der Waals surface area contributed by atoms with Gasteiger partial charge in [0, 0.05) is 42.3 Å². The second-order valence-electron chi connectivity index (χ2n) is 5.71. The predicted octanol–water partition coefficient (Wildman–Crippen LogP) is 1.94. The molecule has 2 amide bonds. The zero-order chi connectivity index (χ0) is 17.4. The monoisotopic (exact) mass is 338 g/mol. The normalized spacial score (nSPS) is 12.0. The van der Waals surface area contributed by atoms with Gasteiger partial charge in [-0.2, -0.15) is 0 Å². The van der Waals surface area contributed by atoms with E-state index in [1.165, 1.54) is 4.90 Å². The number of nitrogens with zero attached hydrogens (tertiary/aromatic N) is 1. The summed E-state index contributed by atoms with van der Waals surface area (Å²) in [5.74, 6) is -0.0191. The highest BCUT2D eigenvalue weighted by Crippen LogP contribution is 2.10. The van der Waals surface area contributed by atoms with Crippen LogP contribution in [0.15, 0.2) is 24.3 Å². The molecule has 1 aromatic carbocycles. The van der Waals surface area contributed by atoms with Gasteiger partial charge >= 0.3 is 0 Å². The first-order valence-corrected chi connectivity index (χ1v) is 9.31. The van der Waals surface area contributed by atoms with Crippen LogP contribution in [0.2, 0.25) is 0 Å². The van der Waals surface area contributed by atoms with Crippen molar-refractivity contribution in [2.75, 3.05) is 19.8 Å². The lowest BCUT2D eigenvalue weighted by Gasteiger charge is -2.14. The minimum absolute atomic E-state index is 0.0116. The summed E-state index contributed by atoms with van der Waals surface area (Å²) >= 11 is 0. The van der Waals surface area contributed by atoms with E-state index in [9.17, 15) is 13.8 Å². The van der Waals surface area contributed by atoms with Crippen LogP contribution in [0.5, 0.6) is 0 Å². The lowest BCUT2D eigenvalue weighted by atomic mass is 10.1. The van der Waals surface area contributed by atoms with Crippen LogP contribution in [0.1, 0.15) is 42.6 Å². The molecule has 1 rings (SSSR count). The molecule has 0 spiro atoms. The maximum Gasteiger partial charge on any atom is 0.253 e. The molecule has 23 heavy (non-hydrogen) atoms. The van der Waals surface area contributed by atoms with Crippen molar-refractivity contribution in [1.82, 2.24) is 10.2 Å². The standard InChI is InChI=1S/C17H26N2O3S/c1-5-15(6-2)18-16(20)12-23(22)11-13-8-7-9-14(10-13)17(21)19(3)4/h7-10,15H,5-6,11-12H2,1-4H3,(H,18,20)/t23-/m1/s1. The summed E-state index contributed by atoms with van der Waals surface area (Å²) in [7, 11) is 2.09. The molecule has 6 heteroatoms. The van der Waals surface area contributed by atoms with Crippen LogP contribution in [0.3, 0.4) is 0 Å². The van der Waals surface area contributed by atoms with Crippen molar-refractivity contribution in [1.29, 1.82) is 0 Å². The Balaban J connectivity index is 2.62. The van der Waals surface area contributed by atoms with Crippen LogP contribution < -0.4 is 5.32 Å². The minimum Gasteiger partial charge on any atom is -0.353 e. The van der Waals surface area contributed by atoms with E-state index in [-0.39, 0.29) is 29.4 Å². The van der Waals surface area contributed by atoms with Crippen LogP contribution in [0.25, 0.3) is 0 Å². The molecule has 0 unspecified atom stereocenters. The average Bonchev–Trinajstić information content (AvgIpc) is 2.51. The second kappa shape index (κ2) is 9.45. The zero-order valence-corrected chi connectivity index (χ0v) is 15.1. The molecular formula is C17H26N2O3S. The van der Waals surface area contributed by atoms with Gasteiger partial charge in [0.1, 0.15) is 5.75 Å². The highest BCUT2D eigenvalue weighted by atomic mass is 32.2. The zero-order valence-electron chi connectivity index (χ0n) is 14.3. The van der Waals surface area contributed by atoms with Crippen molar-refractivity contribution < 1.29 is 13.8 Å². The molecule has 0 heterocycles. The molecule has 1 atom stereocenters. The van der Waals surface area contributed by atoms with Gasteiger partial charge in [0.2, 0.25) is 5.91 Å². The first kappa shape index (κ1) is 19.4. The maximum atomic E-state index is 12.2. The molecule has 0 saturated carbocycles. The lowest BCUT2D eigenvalue weighted by Crippen LogP contribution is -2.36. The van der Waals surface area contributed by atoms with E-state index in [0.717, 1.165) is 18.4 Å². The molecule has 0 aliphatic carbocycles. The SMILES string of the molecule is CCC(CC)NC(=O)C[S@](=O)Cc1cccc(C(=O)N(C)C)c1. The smallest absolute Gasteiger partial charge is 0.253 e. The Kier molecular flexibility index (Phi) is 7.95. The van der Waals surface area contributed by atoms with Gasteiger partial charge in [-0.3, -0.25) is 13.8 Å². The Morgan fingerprint density at radius 1 is 1.22 bits per heavy atom.